The predicted octanol–water partition coefficient (Wildman–Crippen LogP) is 3.02. The van der Waals surface area contributed by atoms with E-state index < -0.39 is 23.1 Å². The number of halogens is 2. The van der Waals surface area contributed by atoms with Crippen LogP contribution in [-0.4, -0.2) is 37.2 Å². The van der Waals surface area contributed by atoms with Crippen LogP contribution in [0.15, 0.2) is 30.6 Å². The maximum atomic E-state index is 12.1. The van der Waals surface area contributed by atoms with Crippen molar-refractivity contribution < 1.29 is 14.5 Å². The molecule has 2 N–H and O–H groups in total. The third-order valence-electron chi connectivity index (χ3n) is 3.77. The minimum absolute atomic E-state index is 0.0402. The van der Waals surface area contributed by atoms with Crippen LogP contribution in [0.1, 0.15) is 11.4 Å². The Morgan fingerprint density at radius 3 is 2.67 bits per heavy atom. The zero-order chi connectivity index (χ0) is 21.8. The number of benzene rings is 1. The Kier molecular flexibility index (Phi) is 6.33. The van der Waals surface area contributed by atoms with E-state index in [-0.39, 0.29) is 22.4 Å². The number of carbonyl (C=O) groups excluding carboxylic acids is 1. The molecule has 0 aliphatic carbocycles. The molecule has 13 heteroatoms. The van der Waals surface area contributed by atoms with Gasteiger partial charge in [-0.3, -0.25) is 25.8 Å². The summed E-state index contributed by atoms with van der Waals surface area (Å²) in [5.74, 6) is -0.616. The molecule has 2 heterocycles. The van der Waals surface area contributed by atoms with Gasteiger partial charge in [0.2, 0.25) is 11.6 Å². The lowest BCUT2D eigenvalue weighted by Gasteiger charge is -2.11. The number of nitrogens with zero attached hydrogens (tertiary/aromatic N) is 5. The molecule has 0 spiro atoms. The average molecular weight is 452 g/mol. The number of aryl methyl sites for hydroxylation is 2. The number of hydrogen-bond acceptors (Lipinski definition) is 8. The van der Waals surface area contributed by atoms with Gasteiger partial charge in [0.05, 0.1) is 15.6 Å². The van der Waals surface area contributed by atoms with Crippen LogP contribution >= 0.6 is 23.2 Å². The molecule has 0 unspecified atom stereocenters. The van der Waals surface area contributed by atoms with Crippen LogP contribution in [0.2, 0.25) is 10.0 Å². The number of amides is 1. The Bertz CT molecular complexity index is 1120. The van der Waals surface area contributed by atoms with Crippen molar-refractivity contribution in [1.29, 1.82) is 0 Å². The summed E-state index contributed by atoms with van der Waals surface area (Å²) in [5, 5.41) is 16.5. The molecule has 0 aliphatic heterocycles. The van der Waals surface area contributed by atoms with Crippen molar-refractivity contribution in [1.82, 2.24) is 25.2 Å². The Hall–Kier alpha value is -3.44. The highest BCUT2D eigenvalue weighted by atomic mass is 35.5. The lowest BCUT2D eigenvalue weighted by Crippen LogP contribution is -2.34. The first-order valence-electron chi connectivity index (χ1n) is 8.42. The summed E-state index contributed by atoms with van der Waals surface area (Å²) in [6.07, 6.45) is 1.12. The minimum atomic E-state index is -0.662. The molecule has 0 saturated heterocycles. The molecule has 0 bridgehead atoms. The van der Waals surface area contributed by atoms with E-state index in [9.17, 15) is 14.9 Å². The van der Waals surface area contributed by atoms with Crippen molar-refractivity contribution in [2.45, 2.75) is 13.8 Å². The maximum absolute atomic E-state index is 12.1. The van der Waals surface area contributed by atoms with Gasteiger partial charge in [0, 0.05) is 10.7 Å². The number of hydrogen-bond donors (Lipinski definition) is 2. The molecule has 3 rings (SSSR count). The summed E-state index contributed by atoms with van der Waals surface area (Å²) in [6.45, 7) is 3.08. The van der Waals surface area contributed by atoms with Gasteiger partial charge in [0.25, 0.3) is 5.91 Å². The lowest BCUT2D eigenvalue weighted by molar-refractivity contribution is -0.384. The molecule has 0 aliphatic rings. The fourth-order valence-corrected chi connectivity index (χ4v) is 2.99. The van der Waals surface area contributed by atoms with Crippen LogP contribution in [0.5, 0.6) is 5.75 Å². The average Bonchev–Trinajstić information content (AvgIpc) is 3.03. The monoisotopic (exact) mass is 451 g/mol. The predicted molar refractivity (Wildman–Crippen MR) is 109 cm³/mol. The first-order chi connectivity index (χ1) is 14.3. The van der Waals surface area contributed by atoms with Crippen molar-refractivity contribution in [2.24, 2.45) is 0 Å². The van der Waals surface area contributed by atoms with Gasteiger partial charge in [-0.2, -0.15) is 5.10 Å². The van der Waals surface area contributed by atoms with Crippen molar-refractivity contribution in [3.63, 3.8) is 0 Å². The number of ether oxygens (including phenoxy) is 1. The zero-order valence-corrected chi connectivity index (χ0v) is 17.2. The Balaban J connectivity index is 1.73. The third kappa shape index (κ3) is 4.75. The van der Waals surface area contributed by atoms with Crippen molar-refractivity contribution >= 4 is 40.6 Å². The maximum Gasteiger partial charge on any atom is 0.357 e. The number of aromatic nitrogens is 4. The first kappa shape index (κ1) is 21.3. The Labute approximate surface area is 180 Å². The number of nitro groups is 1. The minimum Gasteiger partial charge on any atom is -0.482 e. The second kappa shape index (κ2) is 8.93. The molecule has 11 nitrogen and oxygen atoms in total. The molecule has 1 aromatic carbocycles. The quantitative estimate of drug-likeness (QED) is 0.412. The van der Waals surface area contributed by atoms with Crippen LogP contribution in [0.4, 0.5) is 11.5 Å². The summed E-state index contributed by atoms with van der Waals surface area (Å²) in [6, 6.07) is 6.30. The van der Waals surface area contributed by atoms with E-state index in [0.29, 0.717) is 16.4 Å². The summed E-state index contributed by atoms with van der Waals surface area (Å²) in [7, 11) is 0. The number of nitrogens with one attached hydrogen (secondary N) is 2. The molecule has 0 saturated carbocycles. The second-order valence-corrected chi connectivity index (χ2v) is 6.87. The first-order valence-corrected chi connectivity index (χ1v) is 9.17. The van der Waals surface area contributed by atoms with E-state index >= 15 is 0 Å². The van der Waals surface area contributed by atoms with E-state index in [1.165, 1.54) is 16.8 Å². The summed E-state index contributed by atoms with van der Waals surface area (Å²) >= 11 is 11.8. The molecule has 3 aromatic rings. The van der Waals surface area contributed by atoms with Gasteiger partial charge in [-0.1, -0.05) is 23.2 Å². The molecule has 156 valence electrons. The van der Waals surface area contributed by atoms with E-state index in [2.05, 4.69) is 25.9 Å². The molecule has 30 heavy (non-hydrogen) atoms. The summed E-state index contributed by atoms with van der Waals surface area (Å²) < 4.78 is 6.64. The topological polar surface area (TPSA) is 137 Å². The zero-order valence-electron chi connectivity index (χ0n) is 15.7. The standard InChI is InChI=1S/C17H15Cl2N7O4/c1-9-5-10(2)25(24-9)17-15(26(28)29)16(20-8-21-17)23-22-14(27)7-30-13-4-3-11(18)6-12(13)19/h3-6,8H,7H2,1-2H3,(H,22,27)(H,20,21,23). The van der Waals surface area contributed by atoms with Crippen LogP contribution in [0, 0.1) is 24.0 Å². The van der Waals surface area contributed by atoms with E-state index in [1.54, 1.807) is 26.0 Å². The van der Waals surface area contributed by atoms with Crippen molar-refractivity contribution in [3.05, 3.63) is 62.1 Å². The smallest absolute Gasteiger partial charge is 0.357 e. The van der Waals surface area contributed by atoms with Gasteiger partial charge in [-0.05, 0) is 38.1 Å². The van der Waals surface area contributed by atoms with Gasteiger partial charge < -0.3 is 4.74 Å². The highest BCUT2D eigenvalue weighted by molar-refractivity contribution is 6.35. The van der Waals surface area contributed by atoms with Gasteiger partial charge >= 0.3 is 5.69 Å². The second-order valence-electron chi connectivity index (χ2n) is 6.03. The number of rotatable bonds is 7. The molecule has 1 amide bonds. The molecule has 0 radical (unpaired) electrons. The third-order valence-corrected chi connectivity index (χ3v) is 4.30. The molecule has 0 atom stereocenters. The fourth-order valence-electron chi connectivity index (χ4n) is 2.53. The van der Waals surface area contributed by atoms with Gasteiger partial charge in [0.1, 0.15) is 12.1 Å². The van der Waals surface area contributed by atoms with Gasteiger partial charge in [-0.25, -0.2) is 14.6 Å². The number of carbonyl (C=O) groups is 1. The Morgan fingerprint density at radius 1 is 1.27 bits per heavy atom. The number of anilines is 1. The number of hydrazine groups is 1. The molecule has 0 fully saturated rings. The lowest BCUT2D eigenvalue weighted by atomic mass is 10.3. The highest BCUT2D eigenvalue weighted by Gasteiger charge is 2.26. The van der Waals surface area contributed by atoms with E-state index in [4.69, 9.17) is 27.9 Å². The van der Waals surface area contributed by atoms with E-state index in [1.807, 2.05) is 0 Å². The van der Waals surface area contributed by atoms with Gasteiger partial charge in [0.15, 0.2) is 6.61 Å². The van der Waals surface area contributed by atoms with Crippen LogP contribution in [0.3, 0.4) is 0 Å². The van der Waals surface area contributed by atoms with Crippen LogP contribution in [0.25, 0.3) is 5.82 Å². The van der Waals surface area contributed by atoms with Crippen molar-refractivity contribution in [3.8, 4) is 11.6 Å². The molecular weight excluding hydrogens is 437 g/mol. The largest absolute Gasteiger partial charge is 0.482 e. The van der Waals surface area contributed by atoms with Gasteiger partial charge in [-0.15, -0.1) is 0 Å². The highest BCUT2D eigenvalue weighted by Crippen LogP contribution is 2.28. The van der Waals surface area contributed by atoms with Crippen LogP contribution < -0.4 is 15.6 Å². The van der Waals surface area contributed by atoms with E-state index in [0.717, 1.165) is 6.33 Å². The fraction of sp³-hybridized carbons (Fsp3) is 0.176. The molecular formula is C17H15Cl2N7O4. The summed E-state index contributed by atoms with van der Waals surface area (Å²) in [5.41, 5.74) is 5.57. The van der Waals surface area contributed by atoms with Crippen molar-refractivity contribution in [2.75, 3.05) is 12.0 Å². The SMILES string of the molecule is Cc1cc(C)n(-c2ncnc(NNC(=O)COc3ccc(Cl)cc3Cl)c2[N+](=O)[O-])n1. The normalized spacial score (nSPS) is 10.5. The van der Waals surface area contributed by atoms with Crippen LogP contribution in [-0.2, 0) is 4.79 Å². The Morgan fingerprint density at radius 2 is 2.03 bits per heavy atom. The summed E-state index contributed by atoms with van der Waals surface area (Å²) in [4.78, 5) is 30.8. The molecule has 2 aromatic heterocycles.